The molecule has 35 heavy (non-hydrogen) atoms. The zero-order valence-electron chi connectivity index (χ0n) is 20.4. The Balaban J connectivity index is 1.61. The lowest BCUT2D eigenvalue weighted by Crippen LogP contribution is -2.53. The minimum atomic E-state index is -0.634. The summed E-state index contributed by atoms with van der Waals surface area (Å²) >= 11 is 0. The summed E-state index contributed by atoms with van der Waals surface area (Å²) in [7, 11) is 0. The summed E-state index contributed by atoms with van der Waals surface area (Å²) < 4.78 is 5.80. The maximum atomic E-state index is 13.6. The third-order valence-corrected chi connectivity index (χ3v) is 6.51. The third-order valence-electron chi connectivity index (χ3n) is 6.51. The Morgan fingerprint density at radius 2 is 1.57 bits per heavy atom. The largest absolute Gasteiger partial charge is 0.484 e. The minimum Gasteiger partial charge on any atom is -0.484 e. The van der Waals surface area contributed by atoms with Gasteiger partial charge in [-0.05, 0) is 43.0 Å². The molecule has 2 amide bonds. The second-order valence-electron chi connectivity index (χ2n) is 9.31. The summed E-state index contributed by atoms with van der Waals surface area (Å²) in [6.45, 7) is 2.24. The number of hydrogen-bond donors (Lipinski definition) is 1. The monoisotopic (exact) mass is 470 g/mol. The van der Waals surface area contributed by atoms with Crippen molar-refractivity contribution in [1.82, 2.24) is 10.2 Å². The first-order chi connectivity index (χ1) is 17.1. The summed E-state index contributed by atoms with van der Waals surface area (Å²) in [5, 5.41) is 3.23. The average molecular weight is 471 g/mol. The van der Waals surface area contributed by atoms with Gasteiger partial charge in [0.05, 0.1) is 0 Å². The van der Waals surface area contributed by atoms with Crippen LogP contribution in [0.2, 0.25) is 0 Å². The fraction of sp³-hybridized carbons (Fsp3) is 0.333. The molecule has 0 heterocycles. The van der Waals surface area contributed by atoms with E-state index in [4.69, 9.17) is 4.74 Å². The van der Waals surface area contributed by atoms with E-state index in [1.807, 2.05) is 85.8 Å². The van der Waals surface area contributed by atoms with Gasteiger partial charge in [0, 0.05) is 19.0 Å². The third kappa shape index (κ3) is 7.19. The molecule has 1 unspecified atom stereocenters. The van der Waals surface area contributed by atoms with Crippen LogP contribution in [-0.2, 0) is 22.6 Å². The molecular formula is C30H34N2O3. The average Bonchev–Trinajstić information content (AvgIpc) is 3.39. The Bertz CT molecular complexity index is 1090. The number of benzene rings is 3. The Morgan fingerprint density at radius 3 is 2.26 bits per heavy atom. The first kappa shape index (κ1) is 24.5. The fourth-order valence-corrected chi connectivity index (χ4v) is 4.67. The first-order valence-corrected chi connectivity index (χ1v) is 12.5. The highest BCUT2D eigenvalue weighted by Crippen LogP contribution is 2.20. The maximum Gasteiger partial charge on any atom is 0.261 e. The summed E-state index contributed by atoms with van der Waals surface area (Å²) in [5.41, 5.74) is 3.13. The number of carbonyl (C=O) groups excluding carboxylic acids is 2. The molecule has 1 aliphatic carbocycles. The van der Waals surface area contributed by atoms with E-state index in [1.165, 1.54) is 0 Å². The standard InChI is InChI=1S/C30H34N2O3/c1-23-11-10-14-25(19-23)21-32(29(33)22-35-27-17-6-3-7-18-27)28(20-24-12-4-2-5-13-24)30(34)31-26-15-8-9-16-26/h2-7,10-14,17-19,26,28H,8-9,15-16,20-22H2,1H3,(H,31,34). The quantitative estimate of drug-likeness (QED) is 0.450. The van der Waals surface area contributed by atoms with E-state index in [9.17, 15) is 9.59 Å². The Labute approximate surface area is 208 Å². The highest BCUT2D eigenvalue weighted by molar-refractivity contribution is 5.88. The van der Waals surface area contributed by atoms with E-state index in [1.54, 1.807) is 4.90 Å². The molecular weight excluding hydrogens is 436 g/mol. The smallest absolute Gasteiger partial charge is 0.261 e. The van der Waals surface area contributed by atoms with Gasteiger partial charge in [-0.25, -0.2) is 0 Å². The summed E-state index contributed by atoms with van der Waals surface area (Å²) in [6.07, 6.45) is 4.69. The van der Waals surface area contributed by atoms with Crippen molar-refractivity contribution in [3.63, 3.8) is 0 Å². The van der Waals surface area contributed by atoms with Gasteiger partial charge < -0.3 is 15.0 Å². The van der Waals surface area contributed by atoms with Crippen LogP contribution < -0.4 is 10.1 Å². The number of nitrogens with one attached hydrogen (secondary N) is 1. The van der Waals surface area contributed by atoms with E-state index in [0.29, 0.717) is 18.7 Å². The van der Waals surface area contributed by atoms with E-state index in [-0.39, 0.29) is 24.5 Å². The number of carbonyl (C=O) groups is 2. The van der Waals surface area contributed by atoms with Crippen LogP contribution in [0.1, 0.15) is 42.4 Å². The zero-order chi connectivity index (χ0) is 24.5. The Kier molecular flexibility index (Phi) is 8.55. The van der Waals surface area contributed by atoms with Gasteiger partial charge in [0.2, 0.25) is 5.91 Å². The van der Waals surface area contributed by atoms with Gasteiger partial charge >= 0.3 is 0 Å². The second-order valence-corrected chi connectivity index (χ2v) is 9.31. The van der Waals surface area contributed by atoms with Gasteiger partial charge in [0.15, 0.2) is 6.61 Å². The summed E-state index contributed by atoms with van der Waals surface area (Å²) in [6, 6.07) is 26.8. The van der Waals surface area contributed by atoms with Gasteiger partial charge in [0.1, 0.15) is 11.8 Å². The van der Waals surface area contributed by atoms with Crippen molar-refractivity contribution in [2.24, 2.45) is 0 Å². The zero-order valence-corrected chi connectivity index (χ0v) is 20.4. The molecule has 0 aromatic heterocycles. The van der Waals surface area contributed by atoms with E-state index in [0.717, 1.165) is 42.4 Å². The molecule has 1 aliphatic rings. The number of amides is 2. The second kappa shape index (κ2) is 12.2. The van der Waals surface area contributed by atoms with E-state index >= 15 is 0 Å². The lowest BCUT2D eigenvalue weighted by molar-refractivity contribution is -0.143. The highest BCUT2D eigenvalue weighted by Gasteiger charge is 2.32. The molecule has 182 valence electrons. The van der Waals surface area contributed by atoms with Crippen LogP contribution in [0.3, 0.4) is 0 Å². The molecule has 0 radical (unpaired) electrons. The highest BCUT2D eigenvalue weighted by atomic mass is 16.5. The van der Waals surface area contributed by atoms with Gasteiger partial charge in [-0.2, -0.15) is 0 Å². The molecule has 0 spiro atoms. The molecule has 3 aromatic carbocycles. The molecule has 0 aliphatic heterocycles. The van der Waals surface area contributed by atoms with Crippen molar-refractivity contribution in [2.75, 3.05) is 6.61 Å². The predicted octanol–water partition coefficient (Wildman–Crippen LogP) is 5.07. The maximum absolute atomic E-state index is 13.6. The molecule has 1 N–H and O–H groups in total. The normalized spacial score (nSPS) is 14.3. The van der Waals surface area contributed by atoms with Crippen LogP contribution in [0, 0.1) is 6.92 Å². The SMILES string of the molecule is Cc1cccc(CN(C(=O)COc2ccccc2)C(Cc2ccccc2)C(=O)NC2CCCC2)c1. The lowest BCUT2D eigenvalue weighted by Gasteiger charge is -2.32. The van der Waals surface area contributed by atoms with Gasteiger partial charge in [0.25, 0.3) is 5.91 Å². The van der Waals surface area contributed by atoms with Crippen molar-refractivity contribution in [3.05, 3.63) is 102 Å². The fourth-order valence-electron chi connectivity index (χ4n) is 4.67. The van der Waals surface area contributed by atoms with Crippen LogP contribution in [0.5, 0.6) is 5.75 Å². The van der Waals surface area contributed by atoms with Gasteiger partial charge in [-0.3, -0.25) is 9.59 Å². The van der Waals surface area contributed by atoms with E-state index in [2.05, 4.69) is 11.4 Å². The van der Waals surface area contributed by atoms with Crippen molar-refractivity contribution in [2.45, 2.75) is 57.7 Å². The molecule has 0 saturated heterocycles. The topological polar surface area (TPSA) is 58.6 Å². The number of aryl methyl sites for hydroxylation is 1. The Hall–Kier alpha value is -3.60. The molecule has 1 atom stereocenters. The van der Waals surface area contributed by atoms with Crippen LogP contribution in [-0.4, -0.2) is 35.4 Å². The van der Waals surface area contributed by atoms with E-state index < -0.39 is 6.04 Å². The molecule has 1 saturated carbocycles. The number of para-hydroxylation sites is 1. The molecule has 5 nitrogen and oxygen atoms in total. The van der Waals surface area contributed by atoms with Crippen molar-refractivity contribution in [1.29, 1.82) is 0 Å². The van der Waals surface area contributed by atoms with Crippen molar-refractivity contribution in [3.8, 4) is 5.75 Å². The molecule has 4 rings (SSSR count). The number of ether oxygens (including phenoxy) is 1. The van der Waals surface area contributed by atoms with Crippen molar-refractivity contribution >= 4 is 11.8 Å². The van der Waals surface area contributed by atoms with Crippen LogP contribution >= 0.6 is 0 Å². The first-order valence-electron chi connectivity index (χ1n) is 12.5. The van der Waals surface area contributed by atoms with Crippen LogP contribution in [0.4, 0.5) is 0 Å². The minimum absolute atomic E-state index is 0.0959. The summed E-state index contributed by atoms with van der Waals surface area (Å²) in [5.74, 6) is 0.325. The van der Waals surface area contributed by atoms with Crippen LogP contribution in [0.15, 0.2) is 84.9 Å². The van der Waals surface area contributed by atoms with Crippen LogP contribution in [0.25, 0.3) is 0 Å². The number of hydrogen-bond acceptors (Lipinski definition) is 3. The molecule has 5 heteroatoms. The predicted molar refractivity (Wildman–Crippen MR) is 138 cm³/mol. The molecule has 3 aromatic rings. The Morgan fingerprint density at radius 1 is 0.914 bits per heavy atom. The lowest BCUT2D eigenvalue weighted by atomic mass is 10.0. The molecule has 1 fully saturated rings. The van der Waals surface area contributed by atoms with Gasteiger partial charge in [-0.1, -0.05) is 91.2 Å². The number of nitrogens with zero attached hydrogens (tertiary/aromatic N) is 1. The van der Waals surface area contributed by atoms with Gasteiger partial charge in [-0.15, -0.1) is 0 Å². The summed E-state index contributed by atoms with van der Waals surface area (Å²) in [4.78, 5) is 28.9. The van der Waals surface area contributed by atoms with Crippen molar-refractivity contribution < 1.29 is 14.3 Å². The number of rotatable bonds is 10. The molecule has 0 bridgehead atoms.